The molecule has 0 saturated heterocycles. The van der Waals surface area contributed by atoms with E-state index in [2.05, 4.69) is 12.7 Å². The number of hydrazone groups is 1. The van der Waals surface area contributed by atoms with Crippen molar-refractivity contribution >= 4 is 69.5 Å². The number of carbonyl (C=O) groups is 1. The second-order valence-electron chi connectivity index (χ2n) is 7.50. The largest absolute Gasteiger partial charge is 0.497 e. The van der Waals surface area contributed by atoms with Crippen LogP contribution in [-0.2, 0) is 4.79 Å². The van der Waals surface area contributed by atoms with E-state index < -0.39 is 5.97 Å². The lowest BCUT2D eigenvalue weighted by Crippen LogP contribution is -2.21. The normalized spacial score (nSPS) is 13.9. The summed E-state index contributed by atoms with van der Waals surface area (Å²) in [4.78, 5) is 9.00. The molecule has 0 fully saturated rings. The maximum atomic E-state index is 9.00. The van der Waals surface area contributed by atoms with Crippen LogP contribution in [-0.4, -0.2) is 29.8 Å². The summed E-state index contributed by atoms with van der Waals surface area (Å²) in [5, 5.41) is 15.7. The average Bonchev–Trinajstić information content (AvgIpc) is 2.88. The number of aliphatic carboxylic acids is 1. The number of nitrogens with zero attached hydrogens (tertiary/aromatic N) is 2. The van der Waals surface area contributed by atoms with E-state index in [4.69, 9.17) is 66.1 Å². The maximum Gasteiger partial charge on any atom is 0.300 e. The van der Waals surface area contributed by atoms with E-state index in [9.17, 15) is 0 Å². The maximum absolute atomic E-state index is 9.00. The minimum absolute atomic E-state index is 0.242. The molecule has 37 heavy (non-hydrogen) atoms. The third-order valence-corrected chi connectivity index (χ3v) is 6.13. The van der Waals surface area contributed by atoms with Crippen molar-refractivity contribution in [3.05, 3.63) is 112 Å². The number of methoxy groups -OCH3 is 1. The molecule has 2 aromatic rings. The molecule has 0 unspecified atom stereocenters. The number of rotatable bonds is 8. The van der Waals surface area contributed by atoms with Crippen LogP contribution in [0.25, 0.3) is 5.70 Å². The van der Waals surface area contributed by atoms with Crippen molar-refractivity contribution in [1.82, 2.24) is 0 Å². The fourth-order valence-corrected chi connectivity index (χ4v) is 3.63. The molecule has 0 spiro atoms. The summed E-state index contributed by atoms with van der Waals surface area (Å²) in [6.07, 6.45) is 12.0. The lowest BCUT2D eigenvalue weighted by molar-refractivity contribution is -0.134. The van der Waals surface area contributed by atoms with Gasteiger partial charge in [-0.15, -0.1) is 11.6 Å². The van der Waals surface area contributed by atoms with Crippen molar-refractivity contribution < 1.29 is 14.6 Å². The Kier molecular flexibility index (Phi) is 12.5. The van der Waals surface area contributed by atoms with Gasteiger partial charge < -0.3 is 9.84 Å². The summed E-state index contributed by atoms with van der Waals surface area (Å²) in [5.41, 5.74) is 4.43. The minimum atomic E-state index is -0.833. The molecule has 1 aliphatic rings. The van der Waals surface area contributed by atoms with Gasteiger partial charge in [0.25, 0.3) is 5.97 Å². The lowest BCUT2D eigenvalue weighted by Gasteiger charge is -2.27. The van der Waals surface area contributed by atoms with Crippen LogP contribution in [0, 0.1) is 0 Å². The van der Waals surface area contributed by atoms with Crippen LogP contribution < -0.4 is 9.75 Å². The van der Waals surface area contributed by atoms with Gasteiger partial charge in [0, 0.05) is 23.9 Å². The fraction of sp³-hybridized carbons (Fsp3) is 0.143. The van der Waals surface area contributed by atoms with E-state index >= 15 is 0 Å². The SMILES string of the molecule is C=C/C=C(/C=C/C1=NN(c2ccc(OC)cc2)C(c2ccc(Cl)c(Cl)c2)=CC1)\C=C(\Cl)CCl.CC(=O)O. The molecule has 0 saturated carbocycles. The molecule has 0 bridgehead atoms. The number of carboxylic acids is 1. The van der Waals surface area contributed by atoms with Crippen LogP contribution in [0.15, 0.2) is 101 Å². The van der Waals surface area contributed by atoms with Gasteiger partial charge >= 0.3 is 0 Å². The molecule has 2 aromatic carbocycles. The Labute approximate surface area is 237 Å². The first kappa shape index (κ1) is 30.3. The number of hydrogen-bond acceptors (Lipinski definition) is 4. The van der Waals surface area contributed by atoms with Crippen LogP contribution in [0.2, 0.25) is 10.0 Å². The number of alkyl halides is 1. The zero-order chi connectivity index (χ0) is 27.4. The fourth-order valence-electron chi connectivity index (χ4n) is 3.13. The monoisotopic (exact) mass is 578 g/mol. The molecule has 5 nitrogen and oxygen atoms in total. The Morgan fingerprint density at radius 2 is 1.86 bits per heavy atom. The van der Waals surface area contributed by atoms with Gasteiger partial charge in [0.05, 0.1) is 40.1 Å². The quantitative estimate of drug-likeness (QED) is 0.251. The molecule has 194 valence electrons. The molecule has 9 heteroatoms. The molecule has 0 aliphatic carbocycles. The van der Waals surface area contributed by atoms with Crippen molar-refractivity contribution in [2.45, 2.75) is 13.3 Å². The van der Waals surface area contributed by atoms with Gasteiger partial charge in [-0.3, -0.25) is 4.79 Å². The number of ether oxygens (including phenoxy) is 1. The first-order chi connectivity index (χ1) is 17.7. The van der Waals surface area contributed by atoms with Crippen molar-refractivity contribution in [3.8, 4) is 5.75 Å². The van der Waals surface area contributed by atoms with Gasteiger partial charge in [0.1, 0.15) is 5.75 Å². The van der Waals surface area contributed by atoms with Crippen molar-refractivity contribution in [1.29, 1.82) is 0 Å². The smallest absolute Gasteiger partial charge is 0.300 e. The van der Waals surface area contributed by atoms with Crippen LogP contribution in [0.5, 0.6) is 5.75 Å². The van der Waals surface area contributed by atoms with Crippen molar-refractivity contribution in [2.75, 3.05) is 18.0 Å². The zero-order valence-corrected chi connectivity index (χ0v) is 23.3. The second kappa shape index (κ2) is 15.3. The highest BCUT2D eigenvalue weighted by atomic mass is 35.5. The van der Waals surface area contributed by atoms with E-state index in [0.717, 1.165) is 40.9 Å². The number of carboxylic acid groups (broad SMARTS) is 1. The highest BCUT2D eigenvalue weighted by Crippen LogP contribution is 2.34. The number of allylic oxidation sites excluding steroid dienone is 8. The minimum Gasteiger partial charge on any atom is -0.497 e. The third kappa shape index (κ3) is 9.78. The van der Waals surface area contributed by atoms with Gasteiger partial charge in [0.2, 0.25) is 0 Å². The molecular weight excluding hydrogens is 554 g/mol. The molecule has 0 aromatic heterocycles. The number of hydrogen-bond donors (Lipinski definition) is 1. The summed E-state index contributed by atoms with van der Waals surface area (Å²) >= 11 is 24.3. The number of anilines is 1. The highest BCUT2D eigenvalue weighted by Gasteiger charge is 2.19. The summed E-state index contributed by atoms with van der Waals surface area (Å²) in [5.74, 6) is 0.174. The Morgan fingerprint density at radius 3 is 2.43 bits per heavy atom. The van der Waals surface area contributed by atoms with Crippen molar-refractivity contribution in [3.63, 3.8) is 0 Å². The van der Waals surface area contributed by atoms with Crippen LogP contribution in [0.4, 0.5) is 5.69 Å². The van der Waals surface area contributed by atoms with Crippen LogP contribution in [0.1, 0.15) is 18.9 Å². The van der Waals surface area contributed by atoms with Gasteiger partial charge in [-0.05, 0) is 54.1 Å². The summed E-state index contributed by atoms with van der Waals surface area (Å²) < 4.78 is 5.29. The van der Waals surface area contributed by atoms with E-state index in [-0.39, 0.29) is 5.88 Å². The molecule has 0 radical (unpaired) electrons. The Bertz CT molecular complexity index is 1260. The summed E-state index contributed by atoms with van der Waals surface area (Å²) in [7, 11) is 1.64. The summed E-state index contributed by atoms with van der Waals surface area (Å²) in [6.45, 7) is 4.84. The average molecular weight is 580 g/mol. The van der Waals surface area contributed by atoms with Gasteiger partial charge in [0.15, 0.2) is 0 Å². The standard InChI is InChI=1S/C26H22Cl4N2O.C2H4O2/c1-3-4-18(15-20(28)17-27)5-7-21-8-14-26(19-6-13-24(29)25(30)16-19)32(31-21)22-9-11-23(33-2)12-10-22;1-2(3)4/h3-7,9-16H,1,8,17H2,2H3;1H3,(H,3,4)/b7-5+,18-4-,20-15+;. The van der Waals surface area contributed by atoms with Gasteiger partial charge in [-0.25, -0.2) is 5.01 Å². The predicted molar refractivity (Wildman–Crippen MR) is 157 cm³/mol. The molecule has 1 heterocycles. The van der Waals surface area contributed by atoms with Gasteiger partial charge in [-0.1, -0.05) is 71.8 Å². The first-order valence-corrected chi connectivity index (χ1v) is 12.6. The molecule has 1 aliphatic heterocycles. The highest BCUT2D eigenvalue weighted by molar-refractivity contribution is 6.42. The Morgan fingerprint density at radius 1 is 1.19 bits per heavy atom. The van der Waals surface area contributed by atoms with E-state index in [1.807, 2.05) is 59.6 Å². The zero-order valence-electron chi connectivity index (χ0n) is 20.3. The van der Waals surface area contributed by atoms with Gasteiger partial charge in [-0.2, -0.15) is 5.10 Å². The van der Waals surface area contributed by atoms with Crippen LogP contribution >= 0.6 is 46.4 Å². The third-order valence-electron chi connectivity index (χ3n) is 4.72. The van der Waals surface area contributed by atoms with Crippen molar-refractivity contribution in [2.24, 2.45) is 5.10 Å². The van der Waals surface area contributed by atoms with Crippen LogP contribution in [0.3, 0.4) is 0 Å². The first-order valence-electron chi connectivity index (χ1n) is 11.0. The Hall–Kier alpha value is -2.96. The lowest BCUT2D eigenvalue weighted by atomic mass is 10.1. The molecule has 0 amide bonds. The predicted octanol–water partition coefficient (Wildman–Crippen LogP) is 8.73. The molecule has 3 rings (SSSR count). The topological polar surface area (TPSA) is 62.1 Å². The molecule has 1 N–H and O–H groups in total. The van der Waals surface area contributed by atoms with E-state index in [1.54, 1.807) is 25.3 Å². The molecular formula is C28H26Cl4N2O3. The number of halogens is 4. The van der Waals surface area contributed by atoms with E-state index in [1.165, 1.54) is 0 Å². The molecule has 0 atom stereocenters. The summed E-state index contributed by atoms with van der Waals surface area (Å²) in [6, 6.07) is 13.2. The second-order valence-corrected chi connectivity index (χ2v) is 9.07. The number of benzene rings is 2. The van der Waals surface area contributed by atoms with E-state index in [0.29, 0.717) is 21.5 Å². The Balaban J connectivity index is 0.00000112.